The van der Waals surface area contributed by atoms with Crippen LogP contribution >= 0.6 is 23.6 Å². The zero-order chi connectivity index (χ0) is 12.7. The number of rotatable bonds is 1. The molecule has 0 aliphatic rings. The van der Waals surface area contributed by atoms with Crippen molar-refractivity contribution in [2.24, 2.45) is 7.05 Å². The lowest BCUT2D eigenvalue weighted by Gasteiger charge is -1.96. The van der Waals surface area contributed by atoms with E-state index < -0.39 is 0 Å². The SMILES string of the molecule is Cc1ccc(-c2cc3nn(C)c(=S)nc3s2)cc1. The monoisotopic (exact) mass is 273 g/mol. The van der Waals surface area contributed by atoms with Gasteiger partial charge < -0.3 is 0 Å². The van der Waals surface area contributed by atoms with Gasteiger partial charge in [0.1, 0.15) is 10.3 Å². The van der Waals surface area contributed by atoms with Gasteiger partial charge in [0.25, 0.3) is 0 Å². The Balaban J connectivity index is 2.19. The molecule has 1 aromatic carbocycles. The zero-order valence-corrected chi connectivity index (χ0v) is 11.7. The average molecular weight is 273 g/mol. The molecule has 3 rings (SSSR count). The number of thiophene rings is 1. The van der Waals surface area contributed by atoms with E-state index in [1.165, 1.54) is 16.0 Å². The average Bonchev–Trinajstić information content (AvgIpc) is 2.73. The molecule has 0 unspecified atom stereocenters. The summed E-state index contributed by atoms with van der Waals surface area (Å²) < 4.78 is 2.14. The molecule has 0 radical (unpaired) electrons. The Labute approximate surface area is 114 Å². The molecule has 2 heterocycles. The fourth-order valence-corrected chi connectivity index (χ4v) is 2.91. The third-order valence-electron chi connectivity index (χ3n) is 2.76. The summed E-state index contributed by atoms with van der Waals surface area (Å²) in [6.45, 7) is 2.08. The van der Waals surface area contributed by atoms with Crippen LogP contribution in [-0.4, -0.2) is 14.8 Å². The van der Waals surface area contributed by atoms with E-state index in [0.717, 1.165) is 10.3 Å². The summed E-state index contributed by atoms with van der Waals surface area (Å²) in [4.78, 5) is 6.44. The molecular formula is C13H11N3S2. The highest BCUT2D eigenvalue weighted by Crippen LogP contribution is 2.31. The molecular weight excluding hydrogens is 262 g/mol. The Bertz CT molecular complexity index is 769. The van der Waals surface area contributed by atoms with Crippen molar-refractivity contribution in [3.8, 4) is 10.4 Å². The summed E-state index contributed by atoms with van der Waals surface area (Å²) in [6.07, 6.45) is 0. The van der Waals surface area contributed by atoms with E-state index in [1.54, 1.807) is 16.0 Å². The van der Waals surface area contributed by atoms with Crippen LogP contribution in [0.25, 0.3) is 20.8 Å². The minimum absolute atomic E-state index is 0.514. The van der Waals surface area contributed by atoms with E-state index in [1.807, 2.05) is 7.05 Å². The molecule has 0 atom stereocenters. The van der Waals surface area contributed by atoms with Crippen molar-refractivity contribution in [2.45, 2.75) is 6.92 Å². The van der Waals surface area contributed by atoms with E-state index in [9.17, 15) is 0 Å². The number of fused-ring (bicyclic) bond motifs is 1. The lowest BCUT2D eigenvalue weighted by Crippen LogP contribution is -1.99. The quantitative estimate of drug-likeness (QED) is 0.633. The highest BCUT2D eigenvalue weighted by atomic mass is 32.1. The topological polar surface area (TPSA) is 30.7 Å². The molecule has 0 amide bonds. The maximum Gasteiger partial charge on any atom is 0.217 e. The summed E-state index contributed by atoms with van der Waals surface area (Å²) in [7, 11) is 1.82. The lowest BCUT2D eigenvalue weighted by atomic mass is 10.1. The van der Waals surface area contributed by atoms with Crippen LogP contribution in [0.2, 0.25) is 0 Å². The van der Waals surface area contributed by atoms with Crippen LogP contribution in [0, 0.1) is 11.7 Å². The molecule has 0 saturated carbocycles. The Kier molecular flexibility index (Phi) is 2.72. The fourth-order valence-electron chi connectivity index (χ4n) is 1.75. The Morgan fingerprint density at radius 2 is 1.94 bits per heavy atom. The van der Waals surface area contributed by atoms with Gasteiger partial charge in [0.05, 0.1) is 0 Å². The van der Waals surface area contributed by atoms with Crippen LogP contribution in [-0.2, 0) is 7.05 Å². The molecule has 0 aliphatic carbocycles. The van der Waals surface area contributed by atoms with Crippen molar-refractivity contribution in [3.05, 3.63) is 40.7 Å². The van der Waals surface area contributed by atoms with Crippen molar-refractivity contribution in [1.29, 1.82) is 0 Å². The van der Waals surface area contributed by atoms with Gasteiger partial charge >= 0.3 is 0 Å². The van der Waals surface area contributed by atoms with Gasteiger partial charge in [-0.1, -0.05) is 29.8 Å². The van der Waals surface area contributed by atoms with Gasteiger partial charge in [-0.3, -0.25) is 0 Å². The minimum Gasteiger partial charge on any atom is -0.241 e. The van der Waals surface area contributed by atoms with Crippen LogP contribution in [0.3, 0.4) is 0 Å². The fraction of sp³-hybridized carbons (Fsp3) is 0.154. The molecule has 0 saturated heterocycles. The first kappa shape index (κ1) is 11.5. The molecule has 5 heteroatoms. The number of hydrogen-bond donors (Lipinski definition) is 0. The van der Waals surface area contributed by atoms with E-state index in [4.69, 9.17) is 12.2 Å². The molecule has 3 nitrogen and oxygen atoms in total. The highest BCUT2D eigenvalue weighted by molar-refractivity contribution is 7.71. The van der Waals surface area contributed by atoms with Crippen molar-refractivity contribution >= 4 is 33.9 Å². The van der Waals surface area contributed by atoms with Crippen LogP contribution in [0.4, 0.5) is 0 Å². The van der Waals surface area contributed by atoms with Crippen molar-refractivity contribution in [3.63, 3.8) is 0 Å². The molecule has 0 spiro atoms. The van der Waals surface area contributed by atoms with E-state index in [2.05, 4.69) is 47.3 Å². The van der Waals surface area contributed by atoms with Gasteiger partial charge in [0.15, 0.2) is 0 Å². The summed E-state index contributed by atoms with van der Waals surface area (Å²) in [5.74, 6) is 0. The van der Waals surface area contributed by atoms with E-state index in [-0.39, 0.29) is 0 Å². The van der Waals surface area contributed by atoms with Crippen molar-refractivity contribution < 1.29 is 0 Å². The molecule has 90 valence electrons. The maximum absolute atomic E-state index is 5.12. The standard InChI is InChI=1S/C13H11N3S2/c1-8-3-5-9(6-4-8)11-7-10-12(18-11)14-13(17)16(2)15-10/h3-7H,1-2H3. The van der Waals surface area contributed by atoms with Crippen LogP contribution in [0.15, 0.2) is 30.3 Å². The van der Waals surface area contributed by atoms with Gasteiger partial charge in [-0.15, -0.1) is 11.3 Å². The third kappa shape index (κ3) is 1.95. The van der Waals surface area contributed by atoms with Gasteiger partial charge in [-0.25, -0.2) is 9.67 Å². The van der Waals surface area contributed by atoms with Gasteiger partial charge in [0, 0.05) is 11.9 Å². The number of hydrogen-bond acceptors (Lipinski definition) is 4. The van der Waals surface area contributed by atoms with Gasteiger partial charge in [-0.05, 0) is 30.8 Å². The largest absolute Gasteiger partial charge is 0.241 e. The van der Waals surface area contributed by atoms with Gasteiger partial charge in [-0.2, -0.15) is 5.10 Å². The first-order valence-corrected chi connectivity index (χ1v) is 6.78. The molecule has 2 aromatic heterocycles. The summed E-state index contributed by atoms with van der Waals surface area (Å²) in [6, 6.07) is 10.5. The second-order valence-electron chi connectivity index (χ2n) is 4.19. The number of aryl methyl sites for hydroxylation is 2. The van der Waals surface area contributed by atoms with Gasteiger partial charge in [0.2, 0.25) is 4.77 Å². The van der Waals surface area contributed by atoms with Crippen LogP contribution in [0.1, 0.15) is 5.56 Å². The van der Waals surface area contributed by atoms with E-state index >= 15 is 0 Å². The molecule has 0 bridgehead atoms. The summed E-state index contributed by atoms with van der Waals surface area (Å²) in [5.41, 5.74) is 3.35. The predicted octanol–water partition coefficient (Wildman–Crippen LogP) is 3.73. The third-order valence-corrected chi connectivity index (χ3v) is 4.18. The second kappa shape index (κ2) is 4.26. The molecule has 0 N–H and O–H groups in total. The van der Waals surface area contributed by atoms with Crippen molar-refractivity contribution in [1.82, 2.24) is 14.8 Å². The second-order valence-corrected chi connectivity index (χ2v) is 5.58. The maximum atomic E-state index is 5.12. The molecule has 0 fully saturated rings. The molecule has 3 aromatic rings. The minimum atomic E-state index is 0.514. The normalized spacial score (nSPS) is 11.0. The first-order valence-electron chi connectivity index (χ1n) is 5.55. The smallest absolute Gasteiger partial charge is 0.217 e. The lowest BCUT2D eigenvalue weighted by molar-refractivity contribution is 0.722. The summed E-state index contributed by atoms with van der Waals surface area (Å²) >= 11 is 6.75. The number of benzene rings is 1. The summed E-state index contributed by atoms with van der Waals surface area (Å²) in [5, 5.41) is 4.40. The predicted molar refractivity (Wildman–Crippen MR) is 77.4 cm³/mol. The highest BCUT2D eigenvalue weighted by Gasteiger charge is 2.07. The number of nitrogens with zero attached hydrogens (tertiary/aromatic N) is 3. The Morgan fingerprint density at radius 1 is 1.22 bits per heavy atom. The Hall–Kier alpha value is -1.59. The first-order chi connectivity index (χ1) is 8.63. The van der Waals surface area contributed by atoms with Crippen LogP contribution in [0.5, 0.6) is 0 Å². The Morgan fingerprint density at radius 3 is 2.67 bits per heavy atom. The zero-order valence-electron chi connectivity index (χ0n) is 10.0. The number of aromatic nitrogens is 3. The van der Waals surface area contributed by atoms with Crippen molar-refractivity contribution in [2.75, 3.05) is 0 Å². The molecule has 18 heavy (non-hydrogen) atoms. The van der Waals surface area contributed by atoms with Crippen LogP contribution < -0.4 is 0 Å². The molecule has 0 aliphatic heterocycles. The van der Waals surface area contributed by atoms with E-state index in [0.29, 0.717) is 4.77 Å².